The lowest BCUT2D eigenvalue weighted by Gasteiger charge is -2.16. The molecule has 0 spiro atoms. The van der Waals surface area contributed by atoms with Crippen LogP contribution in [0, 0.1) is 12.7 Å². The summed E-state index contributed by atoms with van der Waals surface area (Å²) in [4.78, 5) is 27.9. The maximum atomic E-state index is 13.5. The molecule has 0 unspecified atom stereocenters. The quantitative estimate of drug-likeness (QED) is 0.498. The molecule has 3 aromatic rings. The van der Waals surface area contributed by atoms with E-state index < -0.39 is 17.6 Å². The highest BCUT2D eigenvalue weighted by Gasteiger charge is 2.40. The van der Waals surface area contributed by atoms with Crippen LogP contribution in [-0.4, -0.2) is 18.4 Å². The Labute approximate surface area is 190 Å². The minimum atomic E-state index is -0.516. The van der Waals surface area contributed by atoms with E-state index in [2.05, 4.69) is 5.32 Å². The van der Waals surface area contributed by atoms with Gasteiger partial charge in [0.2, 0.25) is 0 Å². The number of aryl methyl sites for hydroxylation is 1. The first-order valence-corrected chi connectivity index (χ1v) is 10.4. The van der Waals surface area contributed by atoms with Crippen molar-refractivity contribution < 1.29 is 18.7 Å². The van der Waals surface area contributed by atoms with Crippen LogP contribution in [0.4, 0.5) is 15.8 Å². The molecule has 1 aliphatic heterocycles. The van der Waals surface area contributed by atoms with Gasteiger partial charge in [-0.15, -0.1) is 0 Å². The molecule has 1 aliphatic rings. The van der Waals surface area contributed by atoms with E-state index in [-0.39, 0.29) is 11.3 Å². The highest BCUT2D eigenvalue weighted by molar-refractivity contribution is 6.46. The van der Waals surface area contributed by atoms with Gasteiger partial charge in [0.15, 0.2) is 0 Å². The van der Waals surface area contributed by atoms with Gasteiger partial charge in [0.05, 0.1) is 17.9 Å². The first kappa shape index (κ1) is 21.6. The standard InChI is InChI=1S/C25H20ClFN2O3/c1-3-32-20-12-10-19(11-13-20)29-24(30)22(16-5-8-18(27)9-6-16)23(25(29)31)28-21-14-17(26)7-4-15(21)2/h4-14,28H,3H2,1-2H3. The third kappa shape index (κ3) is 4.09. The number of amides is 2. The SMILES string of the molecule is CCOc1ccc(N2C(=O)C(Nc3cc(Cl)ccc3C)=C(c3ccc(F)cc3)C2=O)cc1. The lowest BCUT2D eigenvalue weighted by molar-refractivity contribution is -0.120. The predicted molar refractivity (Wildman–Crippen MR) is 123 cm³/mol. The molecule has 32 heavy (non-hydrogen) atoms. The van der Waals surface area contributed by atoms with E-state index in [0.717, 1.165) is 10.5 Å². The normalized spacial score (nSPS) is 13.7. The van der Waals surface area contributed by atoms with Crippen molar-refractivity contribution in [2.45, 2.75) is 13.8 Å². The number of benzene rings is 3. The largest absolute Gasteiger partial charge is 0.494 e. The summed E-state index contributed by atoms with van der Waals surface area (Å²) in [7, 11) is 0. The fourth-order valence-electron chi connectivity index (χ4n) is 3.49. The smallest absolute Gasteiger partial charge is 0.282 e. The summed E-state index contributed by atoms with van der Waals surface area (Å²) in [5, 5.41) is 3.58. The number of ether oxygens (including phenoxy) is 1. The lowest BCUT2D eigenvalue weighted by atomic mass is 10.0. The summed E-state index contributed by atoms with van der Waals surface area (Å²) in [6, 6.07) is 17.4. The molecule has 162 valence electrons. The zero-order valence-corrected chi connectivity index (χ0v) is 18.2. The summed E-state index contributed by atoms with van der Waals surface area (Å²) in [6.45, 7) is 4.24. The second kappa shape index (κ2) is 8.85. The van der Waals surface area contributed by atoms with Crippen LogP contribution < -0.4 is 15.0 Å². The van der Waals surface area contributed by atoms with E-state index in [1.54, 1.807) is 36.4 Å². The van der Waals surface area contributed by atoms with Gasteiger partial charge in [-0.2, -0.15) is 0 Å². The number of imide groups is 1. The molecule has 0 saturated carbocycles. The minimum Gasteiger partial charge on any atom is -0.494 e. The molecular formula is C25H20ClFN2O3. The fraction of sp³-hybridized carbons (Fsp3) is 0.120. The van der Waals surface area contributed by atoms with Crippen LogP contribution in [-0.2, 0) is 9.59 Å². The van der Waals surface area contributed by atoms with Gasteiger partial charge in [-0.25, -0.2) is 9.29 Å². The molecule has 2 amide bonds. The van der Waals surface area contributed by atoms with Crippen molar-refractivity contribution in [3.63, 3.8) is 0 Å². The second-order valence-electron chi connectivity index (χ2n) is 7.21. The molecule has 0 radical (unpaired) electrons. The van der Waals surface area contributed by atoms with Crippen LogP contribution in [0.1, 0.15) is 18.1 Å². The fourth-order valence-corrected chi connectivity index (χ4v) is 3.66. The molecule has 0 saturated heterocycles. The Morgan fingerprint density at radius 3 is 2.31 bits per heavy atom. The Hall–Kier alpha value is -3.64. The maximum absolute atomic E-state index is 13.5. The minimum absolute atomic E-state index is 0.0980. The number of hydrogen-bond donors (Lipinski definition) is 1. The number of carbonyl (C=O) groups is 2. The topological polar surface area (TPSA) is 58.6 Å². The zero-order valence-electron chi connectivity index (χ0n) is 17.5. The first-order valence-electron chi connectivity index (χ1n) is 10.0. The van der Waals surface area contributed by atoms with Crippen molar-refractivity contribution in [1.82, 2.24) is 0 Å². The number of nitrogens with one attached hydrogen (secondary N) is 1. The van der Waals surface area contributed by atoms with Crippen LogP contribution in [0.3, 0.4) is 0 Å². The molecular weight excluding hydrogens is 431 g/mol. The highest BCUT2D eigenvalue weighted by Crippen LogP contribution is 2.35. The molecule has 1 N–H and O–H groups in total. The average Bonchev–Trinajstić information content (AvgIpc) is 3.02. The van der Waals surface area contributed by atoms with Crippen molar-refractivity contribution in [3.8, 4) is 5.75 Å². The van der Waals surface area contributed by atoms with Gasteiger partial charge in [-0.1, -0.05) is 29.8 Å². The molecule has 4 rings (SSSR count). The van der Waals surface area contributed by atoms with Gasteiger partial charge in [0.1, 0.15) is 17.3 Å². The van der Waals surface area contributed by atoms with Crippen molar-refractivity contribution in [2.75, 3.05) is 16.8 Å². The van der Waals surface area contributed by atoms with E-state index >= 15 is 0 Å². The van der Waals surface area contributed by atoms with Crippen molar-refractivity contribution in [2.24, 2.45) is 0 Å². The Kier molecular flexibility index (Phi) is 5.97. The second-order valence-corrected chi connectivity index (χ2v) is 7.65. The monoisotopic (exact) mass is 450 g/mol. The number of carbonyl (C=O) groups excluding carboxylic acids is 2. The van der Waals surface area contributed by atoms with Crippen LogP contribution in [0.15, 0.2) is 72.4 Å². The maximum Gasteiger partial charge on any atom is 0.282 e. The van der Waals surface area contributed by atoms with Gasteiger partial charge >= 0.3 is 0 Å². The molecule has 7 heteroatoms. The van der Waals surface area contributed by atoms with E-state index in [1.165, 1.54) is 24.3 Å². The molecule has 0 atom stereocenters. The number of anilines is 2. The molecule has 0 bridgehead atoms. The van der Waals surface area contributed by atoms with Crippen molar-refractivity contribution in [3.05, 3.63) is 94.4 Å². The van der Waals surface area contributed by atoms with Crippen molar-refractivity contribution in [1.29, 1.82) is 0 Å². The van der Waals surface area contributed by atoms with Gasteiger partial charge in [0.25, 0.3) is 11.8 Å². The molecule has 0 fully saturated rings. The van der Waals surface area contributed by atoms with E-state index in [0.29, 0.717) is 34.3 Å². The third-order valence-electron chi connectivity index (χ3n) is 5.08. The van der Waals surface area contributed by atoms with Crippen molar-refractivity contribution >= 4 is 40.4 Å². The zero-order chi connectivity index (χ0) is 22.8. The van der Waals surface area contributed by atoms with Crippen LogP contribution >= 0.6 is 11.6 Å². The summed E-state index contributed by atoms with van der Waals surface area (Å²) < 4.78 is 19.0. The van der Waals surface area contributed by atoms with Crippen LogP contribution in [0.2, 0.25) is 5.02 Å². The predicted octanol–water partition coefficient (Wildman–Crippen LogP) is 5.58. The summed E-state index contributed by atoms with van der Waals surface area (Å²) in [5.74, 6) is -0.824. The molecule has 1 heterocycles. The van der Waals surface area contributed by atoms with Gasteiger partial charge in [0, 0.05) is 10.7 Å². The van der Waals surface area contributed by atoms with Gasteiger partial charge in [-0.3, -0.25) is 9.59 Å². The summed E-state index contributed by atoms with van der Waals surface area (Å²) in [5.41, 5.74) is 2.54. The third-order valence-corrected chi connectivity index (χ3v) is 5.32. The molecule has 5 nitrogen and oxygen atoms in total. The van der Waals surface area contributed by atoms with E-state index in [4.69, 9.17) is 16.3 Å². The Morgan fingerprint density at radius 1 is 0.969 bits per heavy atom. The van der Waals surface area contributed by atoms with Gasteiger partial charge in [-0.05, 0) is 73.5 Å². The summed E-state index contributed by atoms with van der Waals surface area (Å²) in [6.07, 6.45) is 0. The van der Waals surface area contributed by atoms with E-state index in [1.807, 2.05) is 19.9 Å². The summed E-state index contributed by atoms with van der Waals surface area (Å²) >= 11 is 6.13. The Bertz CT molecular complexity index is 1220. The van der Waals surface area contributed by atoms with Crippen LogP contribution in [0.5, 0.6) is 5.75 Å². The number of rotatable bonds is 6. The number of hydrogen-bond acceptors (Lipinski definition) is 4. The molecule has 0 aromatic heterocycles. The highest BCUT2D eigenvalue weighted by atomic mass is 35.5. The molecule has 3 aromatic carbocycles. The average molecular weight is 451 g/mol. The van der Waals surface area contributed by atoms with Crippen LogP contribution in [0.25, 0.3) is 5.57 Å². The lowest BCUT2D eigenvalue weighted by Crippen LogP contribution is -2.32. The first-order chi connectivity index (χ1) is 15.4. The number of nitrogens with zero attached hydrogens (tertiary/aromatic N) is 1. The molecule has 0 aliphatic carbocycles. The van der Waals surface area contributed by atoms with E-state index in [9.17, 15) is 14.0 Å². The van der Waals surface area contributed by atoms with Gasteiger partial charge < -0.3 is 10.1 Å². The Balaban J connectivity index is 1.79. The Morgan fingerprint density at radius 2 is 1.66 bits per heavy atom. The number of halogens is 2.